The van der Waals surface area contributed by atoms with Gasteiger partial charge in [0, 0.05) is 18.9 Å². The third-order valence-electron chi connectivity index (χ3n) is 9.38. The molecule has 3 aliphatic rings. The van der Waals surface area contributed by atoms with Crippen LogP contribution in [0.5, 0.6) is 0 Å². The molecule has 2 saturated carbocycles. The van der Waals surface area contributed by atoms with Crippen molar-refractivity contribution in [3.63, 3.8) is 0 Å². The van der Waals surface area contributed by atoms with Crippen LogP contribution in [0.15, 0.2) is 66.7 Å². The van der Waals surface area contributed by atoms with Gasteiger partial charge in [-0.05, 0) is 69.7 Å². The summed E-state index contributed by atoms with van der Waals surface area (Å²) in [5.41, 5.74) is -1.37. The fraction of sp³-hybridized carbons (Fsp3) is 0.485. The Morgan fingerprint density at radius 1 is 0.875 bits per heavy atom. The second kappa shape index (κ2) is 10.5. The molecular formula is C33H38O7. The van der Waals surface area contributed by atoms with E-state index in [0.717, 1.165) is 5.56 Å². The number of carbonyl (C=O) groups excluding carboxylic acids is 3. The summed E-state index contributed by atoms with van der Waals surface area (Å²) in [7, 11) is 0. The van der Waals surface area contributed by atoms with Gasteiger partial charge < -0.3 is 18.9 Å². The number of fused-ring (bicyclic) bond motifs is 1. The number of ether oxygens (including phenoxy) is 4. The molecule has 7 nitrogen and oxygen atoms in total. The van der Waals surface area contributed by atoms with Gasteiger partial charge in [0.05, 0.1) is 16.6 Å². The molecule has 1 saturated heterocycles. The van der Waals surface area contributed by atoms with Crippen molar-refractivity contribution in [2.24, 2.45) is 17.3 Å². The highest BCUT2D eigenvalue weighted by Gasteiger charge is 2.79. The fourth-order valence-electron chi connectivity index (χ4n) is 7.46. The lowest BCUT2D eigenvalue weighted by Gasteiger charge is -2.61. The Hall–Kier alpha value is -3.45. The van der Waals surface area contributed by atoms with Crippen molar-refractivity contribution in [1.29, 1.82) is 0 Å². The van der Waals surface area contributed by atoms with Crippen LogP contribution in [0.2, 0.25) is 0 Å². The van der Waals surface area contributed by atoms with E-state index in [1.165, 1.54) is 13.0 Å². The summed E-state index contributed by atoms with van der Waals surface area (Å²) in [6.07, 6.45) is 3.00. The Bertz CT molecular complexity index is 1290. The summed E-state index contributed by atoms with van der Waals surface area (Å²) in [5, 5.41) is 0. The third kappa shape index (κ3) is 4.64. The molecule has 7 atom stereocenters. The SMILES string of the molecule is CC(=O)O[C@H]1CC[C@@H](C)C23OC(C)(C)C(C[C@H](OC(=O)c4ccccc4)[C@]12C)[C@@H]3OC(=O)/C=C/c1ccccc1. The average Bonchev–Trinajstić information content (AvgIpc) is 3.10. The molecule has 2 aromatic rings. The monoisotopic (exact) mass is 546 g/mol. The molecule has 5 rings (SSSR count). The third-order valence-corrected chi connectivity index (χ3v) is 9.38. The Balaban J connectivity index is 1.55. The number of benzene rings is 2. The van der Waals surface area contributed by atoms with Gasteiger partial charge in [-0.15, -0.1) is 0 Å². The molecule has 0 aromatic heterocycles. The molecule has 7 heteroatoms. The van der Waals surface area contributed by atoms with Crippen molar-refractivity contribution in [3.8, 4) is 0 Å². The molecule has 1 spiro atoms. The number of esters is 3. The maximum Gasteiger partial charge on any atom is 0.338 e. The molecule has 3 fully saturated rings. The van der Waals surface area contributed by atoms with E-state index in [2.05, 4.69) is 6.92 Å². The molecule has 0 N–H and O–H groups in total. The quantitative estimate of drug-likeness (QED) is 0.258. The predicted molar refractivity (Wildman–Crippen MR) is 149 cm³/mol. The first-order valence-corrected chi connectivity index (χ1v) is 14.1. The Morgan fingerprint density at radius 2 is 1.52 bits per heavy atom. The Kier molecular flexibility index (Phi) is 7.38. The molecule has 0 radical (unpaired) electrons. The predicted octanol–water partition coefficient (Wildman–Crippen LogP) is 5.77. The fourth-order valence-corrected chi connectivity index (χ4v) is 7.46. The maximum absolute atomic E-state index is 13.3. The van der Waals surface area contributed by atoms with Gasteiger partial charge in [0.1, 0.15) is 23.9 Å². The minimum atomic E-state index is -1.05. The van der Waals surface area contributed by atoms with Gasteiger partial charge in [-0.3, -0.25) is 4.79 Å². The van der Waals surface area contributed by atoms with Crippen LogP contribution in [0.1, 0.15) is 69.8 Å². The lowest BCUT2D eigenvalue weighted by molar-refractivity contribution is -0.285. The highest BCUT2D eigenvalue weighted by molar-refractivity contribution is 5.89. The molecule has 1 aliphatic heterocycles. The van der Waals surface area contributed by atoms with Gasteiger partial charge >= 0.3 is 17.9 Å². The number of hydrogen-bond donors (Lipinski definition) is 0. The van der Waals surface area contributed by atoms with Gasteiger partial charge in [-0.1, -0.05) is 55.5 Å². The van der Waals surface area contributed by atoms with Crippen LogP contribution < -0.4 is 0 Å². The van der Waals surface area contributed by atoms with Crippen LogP contribution in [-0.2, 0) is 28.5 Å². The van der Waals surface area contributed by atoms with Crippen LogP contribution in [0, 0.1) is 17.3 Å². The first-order chi connectivity index (χ1) is 19.0. The van der Waals surface area contributed by atoms with Gasteiger partial charge in [0.2, 0.25) is 0 Å². The minimum Gasteiger partial charge on any atom is -0.462 e. The molecule has 2 aliphatic carbocycles. The molecule has 1 heterocycles. The van der Waals surface area contributed by atoms with Gasteiger partial charge in [0.25, 0.3) is 0 Å². The summed E-state index contributed by atoms with van der Waals surface area (Å²) >= 11 is 0. The van der Waals surface area contributed by atoms with Gasteiger partial charge in [-0.2, -0.15) is 0 Å². The largest absolute Gasteiger partial charge is 0.462 e. The van der Waals surface area contributed by atoms with Gasteiger partial charge in [0.15, 0.2) is 0 Å². The second-order valence-electron chi connectivity index (χ2n) is 12.1. The van der Waals surface area contributed by atoms with Crippen LogP contribution >= 0.6 is 0 Å². The van der Waals surface area contributed by atoms with Crippen molar-refractivity contribution in [3.05, 3.63) is 77.9 Å². The Morgan fingerprint density at radius 3 is 2.17 bits per heavy atom. The molecule has 2 bridgehead atoms. The van der Waals surface area contributed by atoms with Crippen LogP contribution in [-0.4, -0.2) is 47.4 Å². The first-order valence-electron chi connectivity index (χ1n) is 14.1. The topological polar surface area (TPSA) is 88.1 Å². The van der Waals surface area contributed by atoms with E-state index in [9.17, 15) is 14.4 Å². The molecule has 2 unspecified atom stereocenters. The second-order valence-corrected chi connectivity index (χ2v) is 12.1. The Labute approximate surface area is 235 Å². The van der Waals surface area contributed by atoms with E-state index in [0.29, 0.717) is 24.8 Å². The van der Waals surface area contributed by atoms with Crippen molar-refractivity contribution in [1.82, 2.24) is 0 Å². The number of hydrogen-bond acceptors (Lipinski definition) is 7. The average molecular weight is 547 g/mol. The zero-order valence-electron chi connectivity index (χ0n) is 23.8. The number of rotatable bonds is 6. The van der Waals surface area contributed by atoms with Crippen molar-refractivity contribution >= 4 is 24.0 Å². The lowest BCUT2D eigenvalue weighted by Crippen LogP contribution is -2.73. The minimum absolute atomic E-state index is 0.0669. The smallest absolute Gasteiger partial charge is 0.338 e. The highest BCUT2D eigenvalue weighted by Crippen LogP contribution is 2.67. The van der Waals surface area contributed by atoms with Crippen LogP contribution in [0.3, 0.4) is 0 Å². The van der Waals surface area contributed by atoms with Crippen LogP contribution in [0.4, 0.5) is 0 Å². The van der Waals surface area contributed by atoms with Crippen molar-refractivity contribution in [2.45, 2.75) is 83.4 Å². The summed E-state index contributed by atoms with van der Waals surface area (Å²) in [6.45, 7) is 9.43. The summed E-state index contributed by atoms with van der Waals surface area (Å²) in [5.74, 6) is -1.64. The molecule has 0 amide bonds. The highest BCUT2D eigenvalue weighted by atomic mass is 16.6. The summed E-state index contributed by atoms with van der Waals surface area (Å²) < 4.78 is 25.5. The summed E-state index contributed by atoms with van der Waals surface area (Å²) in [4.78, 5) is 38.9. The van der Waals surface area contributed by atoms with Crippen molar-refractivity contribution in [2.75, 3.05) is 0 Å². The van der Waals surface area contributed by atoms with E-state index >= 15 is 0 Å². The normalized spacial score (nSPS) is 34.1. The summed E-state index contributed by atoms with van der Waals surface area (Å²) in [6, 6.07) is 18.4. The first kappa shape index (κ1) is 28.1. The zero-order chi connectivity index (χ0) is 28.7. The van der Waals surface area contributed by atoms with E-state index in [4.69, 9.17) is 18.9 Å². The zero-order valence-corrected chi connectivity index (χ0v) is 23.8. The van der Waals surface area contributed by atoms with E-state index in [1.807, 2.05) is 57.2 Å². The van der Waals surface area contributed by atoms with E-state index in [1.54, 1.807) is 30.3 Å². The van der Waals surface area contributed by atoms with Gasteiger partial charge in [-0.25, -0.2) is 9.59 Å². The van der Waals surface area contributed by atoms with Crippen molar-refractivity contribution < 1.29 is 33.3 Å². The molecule has 40 heavy (non-hydrogen) atoms. The van der Waals surface area contributed by atoms with Crippen LogP contribution in [0.25, 0.3) is 6.08 Å². The van der Waals surface area contributed by atoms with E-state index in [-0.39, 0.29) is 11.8 Å². The maximum atomic E-state index is 13.3. The molecular weight excluding hydrogens is 508 g/mol. The number of carbonyl (C=O) groups is 3. The molecule has 212 valence electrons. The van der Waals surface area contributed by atoms with E-state index < -0.39 is 52.8 Å². The molecule has 2 aromatic carbocycles. The standard InChI is InChI=1S/C33H38O7/c1-21-16-18-26(37-22(2)34)32(5)27(38-30(36)24-14-10-7-11-15-24)20-25-29(33(21,32)40-31(25,3)4)39-28(35)19-17-23-12-8-6-9-13-23/h6-15,17,19,21,25-27,29H,16,18,20H2,1-5H3/b19-17+/t21-,25?,26+,27+,29+,32+,33?/m1/s1. The lowest BCUT2D eigenvalue weighted by atomic mass is 9.49.